The first-order valence-electron chi connectivity index (χ1n) is 4.84. The third kappa shape index (κ3) is 2.02. The molecule has 0 unspecified atom stereocenters. The maximum Gasteiger partial charge on any atom is 0.131 e. The summed E-state index contributed by atoms with van der Waals surface area (Å²) in [6.07, 6.45) is 3.92. The van der Waals surface area contributed by atoms with Crippen molar-refractivity contribution in [2.75, 3.05) is 7.05 Å². The van der Waals surface area contributed by atoms with Crippen LogP contribution in [0.5, 0.6) is 0 Å². The van der Waals surface area contributed by atoms with E-state index in [-0.39, 0.29) is 0 Å². The van der Waals surface area contributed by atoms with E-state index in [1.165, 1.54) is 0 Å². The van der Waals surface area contributed by atoms with Gasteiger partial charge in [0.2, 0.25) is 0 Å². The molecule has 0 amide bonds. The molecule has 1 aromatic heterocycles. The zero-order chi connectivity index (χ0) is 10.1. The van der Waals surface area contributed by atoms with Crippen LogP contribution in [0.3, 0.4) is 0 Å². The lowest BCUT2D eigenvalue weighted by Crippen LogP contribution is -2.48. The number of furan rings is 1. The average Bonchev–Trinajstić information content (AvgIpc) is 2.46. The molecule has 3 nitrogen and oxygen atoms in total. The monoisotopic (exact) mass is 258 g/mol. The highest BCUT2D eigenvalue weighted by Gasteiger charge is 2.29. The summed E-state index contributed by atoms with van der Waals surface area (Å²) in [5.41, 5.74) is 5.75. The summed E-state index contributed by atoms with van der Waals surface area (Å²) in [5, 5.41) is 0. The van der Waals surface area contributed by atoms with Gasteiger partial charge in [0.1, 0.15) is 5.76 Å². The van der Waals surface area contributed by atoms with Crippen LogP contribution in [0.4, 0.5) is 0 Å². The molecule has 1 aromatic rings. The quantitative estimate of drug-likeness (QED) is 0.902. The smallest absolute Gasteiger partial charge is 0.131 e. The second kappa shape index (κ2) is 4.04. The average molecular weight is 259 g/mol. The zero-order valence-electron chi connectivity index (χ0n) is 8.24. The minimum atomic E-state index is 0.405. The van der Waals surface area contributed by atoms with Crippen molar-refractivity contribution in [1.29, 1.82) is 0 Å². The van der Waals surface area contributed by atoms with Crippen LogP contribution in [0.1, 0.15) is 18.6 Å². The minimum Gasteiger partial charge on any atom is -0.467 e. The Morgan fingerprint density at radius 1 is 1.64 bits per heavy atom. The molecule has 2 N–H and O–H groups in total. The molecular weight excluding hydrogens is 244 g/mol. The van der Waals surface area contributed by atoms with Gasteiger partial charge in [-0.25, -0.2) is 0 Å². The standard InChI is InChI=1S/C10H15BrN2O/c1-13(8-4-7(12)5-8)6-10-9(11)2-3-14-10/h2-3,7-8H,4-6,12H2,1H3. The molecule has 0 atom stereocenters. The predicted molar refractivity (Wildman–Crippen MR) is 58.9 cm³/mol. The van der Waals surface area contributed by atoms with Gasteiger partial charge in [-0.2, -0.15) is 0 Å². The van der Waals surface area contributed by atoms with Gasteiger partial charge in [0, 0.05) is 12.1 Å². The van der Waals surface area contributed by atoms with Gasteiger partial charge >= 0.3 is 0 Å². The van der Waals surface area contributed by atoms with Crippen molar-refractivity contribution in [1.82, 2.24) is 4.90 Å². The molecule has 0 aliphatic heterocycles. The SMILES string of the molecule is CN(Cc1occc1Br)C1CC(N)C1. The Labute approximate surface area is 92.4 Å². The number of rotatable bonds is 3. The Morgan fingerprint density at radius 2 is 2.36 bits per heavy atom. The summed E-state index contributed by atoms with van der Waals surface area (Å²) in [6, 6.07) is 2.96. The number of hydrogen-bond donors (Lipinski definition) is 1. The fraction of sp³-hybridized carbons (Fsp3) is 0.600. The van der Waals surface area contributed by atoms with Gasteiger partial charge in [0.25, 0.3) is 0 Å². The van der Waals surface area contributed by atoms with Crippen molar-refractivity contribution in [2.24, 2.45) is 5.73 Å². The van der Waals surface area contributed by atoms with Gasteiger partial charge in [0.15, 0.2) is 0 Å². The van der Waals surface area contributed by atoms with Crippen LogP contribution in [-0.4, -0.2) is 24.0 Å². The lowest BCUT2D eigenvalue weighted by atomic mass is 9.86. The second-order valence-corrected chi connectivity index (χ2v) is 4.85. The summed E-state index contributed by atoms with van der Waals surface area (Å²) in [7, 11) is 2.12. The first kappa shape index (κ1) is 10.2. The molecule has 0 saturated heterocycles. The number of nitrogens with zero attached hydrogens (tertiary/aromatic N) is 1. The molecular formula is C10H15BrN2O. The van der Waals surface area contributed by atoms with Crippen molar-refractivity contribution >= 4 is 15.9 Å². The molecule has 4 heteroatoms. The maximum absolute atomic E-state index is 5.75. The normalized spacial score (nSPS) is 26.6. The number of halogens is 1. The van der Waals surface area contributed by atoms with Gasteiger partial charge in [-0.1, -0.05) is 0 Å². The lowest BCUT2D eigenvalue weighted by Gasteiger charge is -2.39. The molecule has 1 heterocycles. The van der Waals surface area contributed by atoms with Gasteiger partial charge in [-0.15, -0.1) is 0 Å². The van der Waals surface area contributed by atoms with E-state index in [0.29, 0.717) is 12.1 Å². The Morgan fingerprint density at radius 3 is 2.86 bits per heavy atom. The van der Waals surface area contributed by atoms with Crippen molar-refractivity contribution in [3.8, 4) is 0 Å². The first-order valence-corrected chi connectivity index (χ1v) is 5.64. The van der Waals surface area contributed by atoms with E-state index in [9.17, 15) is 0 Å². The van der Waals surface area contributed by atoms with Crippen molar-refractivity contribution < 1.29 is 4.42 Å². The van der Waals surface area contributed by atoms with Crippen LogP contribution in [0.25, 0.3) is 0 Å². The van der Waals surface area contributed by atoms with Gasteiger partial charge in [-0.05, 0) is 41.9 Å². The van der Waals surface area contributed by atoms with E-state index in [4.69, 9.17) is 10.2 Å². The van der Waals surface area contributed by atoms with E-state index >= 15 is 0 Å². The summed E-state index contributed by atoms with van der Waals surface area (Å²) >= 11 is 3.45. The summed E-state index contributed by atoms with van der Waals surface area (Å²) < 4.78 is 6.41. The zero-order valence-corrected chi connectivity index (χ0v) is 9.83. The van der Waals surface area contributed by atoms with E-state index < -0.39 is 0 Å². The molecule has 1 saturated carbocycles. The van der Waals surface area contributed by atoms with Gasteiger partial charge in [-0.3, -0.25) is 4.90 Å². The molecule has 1 aliphatic carbocycles. The Hall–Kier alpha value is -0.320. The fourth-order valence-electron chi connectivity index (χ4n) is 1.78. The highest BCUT2D eigenvalue weighted by Crippen LogP contribution is 2.26. The summed E-state index contributed by atoms with van der Waals surface area (Å²) in [6.45, 7) is 0.852. The molecule has 0 spiro atoms. The van der Waals surface area contributed by atoms with Crippen LogP contribution in [-0.2, 0) is 6.54 Å². The maximum atomic E-state index is 5.75. The highest BCUT2D eigenvalue weighted by molar-refractivity contribution is 9.10. The van der Waals surface area contributed by atoms with Crippen molar-refractivity contribution in [3.05, 3.63) is 22.6 Å². The third-order valence-corrected chi connectivity index (χ3v) is 3.56. The van der Waals surface area contributed by atoms with Crippen molar-refractivity contribution in [2.45, 2.75) is 31.5 Å². The number of nitrogens with two attached hydrogens (primary N) is 1. The fourth-order valence-corrected chi connectivity index (χ4v) is 2.11. The van der Waals surface area contributed by atoms with Gasteiger partial charge in [0.05, 0.1) is 17.3 Å². The molecule has 0 radical (unpaired) electrons. The molecule has 1 fully saturated rings. The third-order valence-electron chi connectivity index (χ3n) is 2.86. The summed E-state index contributed by atoms with van der Waals surface area (Å²) in [4.78, 5) is 2.30. The Kier molecular flexibility index (Phi) is 2.95. The molecule has 2 rings (SSSR count). The molecule has 78 valence electrons. The highest BCUT2D eigenvalue weighted by atomic mass is 79.9. The van der Waals surface area contributed by atoms with Crippen molar-refractivity contribution in [3.63, 3.8) is 0 Å². The van der Waals surface area contributed by atoms with Crippen LogP contribution in [0, 0.1) is 0 Å². The number of hydrogen-bond acceptors (Lipinski definition) is 3. The molecule has 0 bridgehead atoms. The molecule has 1 aliphatic rings. The lowest BCUT2D eigenvalue weighted by molar-refractivity contribution is 0.124. The van der Waals surface area contributed by atoms with E-state index in [1.807, 2.05) is 6.07 Å². The van der Waals surface area contributed by atoms with E-state index in [1.54, 1.807) is 6.26 Å². The first-order chi connectivity index (χ1) is 6.66. The largest absolute Gasteiger partial charge is 0.467 e. The minimum absolute atomic E-state index is 0.405. The summed E-state index contributed by atoms with van der Waals surface area (Å²) in [5.74, 6) is 0.993. The Bertz CT molecular complexity index is 307. The topological polar surface area (TPSA) is 42.4 Å². The van der Waals surface area contributed by atoms with Crippen LogP contribution in [0.15, 0.2) is 21.2 Å². The molecule has 14 heavy (non-hydrogen) atoms. The predicted octanol–water partition coefficient (Wildman–Crippen LogP) is 1.96. The van der Waals surface area contributed by atoms with E-state index in [0.717, 1.165) is 29.6 Å². The van der Waals surface area contributed by atoms with Crippen LogP contribution >= 0.6 is 15.9 Å². The second-order valence-electron chi connectivity index (χ2n) is 3.99. The van der Waals surface area contributed by atoms with Gasteiger partial charge < -0.3 is 10.2 Å². The van der Waals surface area contributed by atoms with Crippen LogP contribution in [0.2, 0.25) is 0 Å². The molecule has 0 aromatic carbocycles. The van der Waals surface area contributed by atoms with Crippen LogP contribution < -0.4 is 5.73 Å². The van der Waals surface area contributed by atoms with E-state index in [2.05, 4.69) is 27.9 Å². The Balaban J connectivity index is 1.89.